The molecule has 0 bridgehead atoms. The minimum Gasteiger partial charge on any atom is -0.329 e. The Bertz CT molecular complexity index is 325. The molecule has 1 aromatic rings. The van der Waals surface area contributed by atoms with E-state index in [-0.39, 0.29) is 0 Å². The highest BCUT2D eigenvalue weighted by atomic mass is 79.9. The quantitative estimate of drug-likeness (QED) is 0.906. The van der Waals surface area contributed by atoms with Crippen molar-refractivity contribution in [2.24, 2.45) is 12.8 Å². The van der Waals surface area contributed by atoms with Gasteiger partial charge < -0.3 is 5.73 Å². The van der Waals surface area contributed by atoms with Gasteiger partial charge in [0.05, 0.1) is 15.9 Å². The van der Waals surface area contributed by atoms with Crippen LogP contribution in [0.2, 0.25) is 0 Å². The molecule has 0 aliphatic heterocycles. The average molecular weight is 292 g/mol. The molecule has 15 heavy (non-hydrogen) atoms. The molecule has 1 aromatic heterocycles. The molecular formula is C10H18BrN3S. The first kappa shape index (κ1) is 13.1. The van der Waals surface area contributed by atoms with Crippen LogP contribution in [-0.4, -0.2) is 21.6 Å². The van der Waals surface area contributed by atoms with Gasteiger partial charge in [0.25, 0.3) is 0 Å². The lowest BCUT2D eigenvalue weighted by Crippen LogP contribution is -2.13. The van der Waals surface area contributed by atoms with Gasteiger partial charge in [-0.1, -0.05) is 13.8 Å². The Kier molecular flexibility index (Phi) is 5.15. The molecule has 1 atom stereocenters. The van der Waals surface area contributed by atoms with Gasteiger partial charge in [0.15, 0.2) is 0 Å². The summed E-state index contributed by atoms with van der Waals surface area (Å²) < 4.78 is 3.11. The molecule has 0 saturated carbocycles. The molecule has 0 aliphatic rings. The second-order valence-corrected chi connectivity index (χ2v) is 5.76. The number of aromatic nitrogens is 2. The highest BCUT2D eigenvalue weighted by molar-refractivity contribution is 9.10. The lowest BCUT2D eigenvalue weighted by molar-refractivity contribution is 0.719. The van der Waals surface area contributed by atoms with E-state index in [1.807, 2.05) is 23.5 Å². The van der Waals surface area contributed by atoms with E-state index in [0.29, 0.717) is 5.25 Å². The summed E-state index contributed by atoms with van der Waals surface area (Å²) in [7, 11) is 1.99. The fourth-order valence-corrected chi connectivity index (χ4v) is 3.12. The number of halogens is 1. The Morgan fingerprint density at radius 1 is 1.60 bits per heavy atom. The molecule has 3 nitrogen and oxygen atoms in total. The Hall–Kier alpha value is -0.0000000000000000555. The lowest BCUT2D eigenvalue weighted by Gasteiger charge is -2.08. The van der Waals surface area contributed by atoms with Gasteiger partial charge >= 0.3 is 0 Å². The van der Waals surface area contributed by atoms with Gasteiger partial charge in [-0.25, -0.2) is 0 Å². The Labute approximate surface area is 104 Å². The lowest BCUT2D eigenvalue weighted by atomic mass is 10.3. The largest absolute Gasteiger partial charge is 0.329 e. The zero-order chi connectivity index (χ0) is 11.4. The van der Waals surface area contributed by atoms with E-state index in [4.69, 9.17) is 5.73 Å². The second kappa shape index (κ2) is 5.92. The first-order chi connectivity index (χ1) is 7.10. The summed E-state index contributed by atoms with van der Waals surface area (Å²) in [6.07, 6.45) is 0.964. The standard InChI is InChI=1S/C10H18BrN3S/c1-4-8-10(11)9(14(3)13-8)6-15-7(2)5-12/h7H,4-6,12H2,1-3H3. The minimum absolute atomic E-state index is 0.497. The third-order valence-corrected chi connectivity index (χ3v) is 4.46. The molecule has 86 valence electrons. The van der Waals surface area contributed by atoms with Crippen LogP contribution in [0.4, 0.5) is 0 Å². The van der Waals surface area contributed by atoms with E-state index in [2.05, 4.69) is 34.9 Å². The van der Waals surface area contributed by atoms with Crippen LogP contribution in [-0.2, 0) is 19.2 Å². The van der Waals surface area contributed by atoms with Crippen molar-refractivity contribution in [2.45, 2.75) is 31.3 Å². The van der Waals surface area contributed by atoms with Crippen LogP contribution in [0.15, 0.2) is 4.47 Å². The number of hydrogen-bond acceptors (Lipinski definition) is 3. The van der Waals surface area contributed by atoms with E-state index in [1.54, 1.807) is 0 Å². The van der Waals surface area contributed by atoms with E-state index < -0.39 is 0 Å². The maximum Gasteiger partial charge on any atom is 0.0767 e. The maximum atomic E-state index is 5.59. The van der Waals surface area contributed by atoms with Crippen molar-refractivity contribution in [2.75, 3.05) is 6.54 Å². The number of nitrogens with zero attached hydrogens (tertiary/aromatic N) is 2. The van der Waals surface area contributed by atoms with E-state index in [9.17, 15) is 0 Å². The number of aryl methyl sites for hydroxylation is 2. The van der Waals surface area contributed by atoms with Gasteiger partial charge in [-0.3, -0.25) is 4.68 Å². The van der Waals surface area contributed by atoms with Gasteiger partial charge in [0.2, 0.25) is 0 Å². The molecule has 1 rings (SSSR count). The van der Waals surface area contributed by atoms with E-state index in [1.165, 1.54) is 5.69 Å². The zero-order valence-electron chi connectivity index (χ0n) is 9.46. The SMILES string of the molecule is CCc1nn(C)c(CSC(C)CN)c1Br. The zero-order valence-corrected chi connectivity index (χ0v) is 11.9. The van der Waals surface area contributed by atoms with Crippen LogP contribution >= 0.6 is 27.7 Å². The average Bonchev–Trinajstić information content (AvgIpc) is 2.51. The fourth-order valence-electron chi connectivity index (χ4n) is 1.27. The second-order valence-electron chi connectivity index (χ2n) is 3.54. The smallest absolute Gasteiger partial charge is 0.0767 e. The first-order valence-electron chi connectivity index (χ1n) is 5.12. The summed E-state index contributed by atoms with van der Waals surface area (Å²) in [6, 6.07) is 0. The Balaban J connectivity index is 2.72. The van der Waals surface area contributed by atoms with Crippen molar-refractivity contribution in [3.05, 3.63) is 15.9 Å². The number of rotatable bonds is 5. The number of hydrogen-bond donors (Lipinski definition) is 1. The topological polar surface area (TPSA) is 43.8 Å². The van der Waals surface area contributed by atoms with Crippen molar-refractivity contribution in [3.8, 4) is 0 Å². The third kappa shape index (κ3) is 3.23. The van der Waals surface area contributed by atoms with Crippen molar-refractivity contribution in [1.29, 1.82) is 0 Å². The predicted molar refractivity (Wildman–Crippen MR) is 70.1 cm³/mol. The molecule has 0 spiro atoms. The molecule has 1 heterocycles. The summed E-state index contributed by atoms with van der Waals surface area (Å²) in [5.41, 5.74) is 7.97. The normalized spacial score (nSPS) is 13.1. The van der Waals surface area contributed by atoms with Crippen molar-refractivity contribution in [3.63, 3.8) is 0 Å². The van der Waals surface area contributed by atoms with Gasteiger partial charge in [-0.05, 0) is 22.4 Å². The molecule has 0 aromatic carbocycles. The first-order valence-corrected chi connectivity index (χ1v) is 6.96. The Morgan fingerprint density at radius 3 is 2.73 bits per heavy atom. The molecule has 0 saturated heterocycles. The molecule has 1 unspecified atom stereocenters. The number of nitrogens with two attached hydrogens (primary N) is 1. The summed E-state index contributed by atoms with van der Waals surface area (Å²) in [5.74, 6) is 0.961. The van der Waals surface area contributed by atoms with Crippen LogP contribution in [0.25, 0.3) is 0 Å². The van der Waals surface area contributed by atoms with Gasteiger partial charge in [0, 0.05) is 24.6 Å². The number of thioether (sulfide) groups is 1. The highest BCUT2D eigenvalue weighted by Gasteiger charge is 2.13. The minimum atomic E-state index is 0.497. The summed E-state index contributed by atoms with van der Waals surface area (Å²) in [5, 5.41) is 4.95. The molecule has 0 amide bonds. The molecule has 0 radical (unpaired) electrons. The van der Waals surface area contributed by atoms with Crippen LogP contribution in [0.3, 0.4) is 0 Å². The Morgan fingerprint density at radius 2 is 2.27 bits per heavy atom. The maximum absolute atomic E-state index is 5.59. The van der Waals surface area contributed by atoms with Gasteiger partial charge in [0.1, 0.15) is 0 Å². The van der Waals surface area contributed by atoms with Crippen LogP contribution in [0.1, 0.15) is 25.2 Å². The molecule has 0 fully saturated rings. The third-order valence-electron chi connectivity index (χ3n) is 2.34. The highest BCUT2D eigenvalue weighted by Crippen LogP contribution is 2.26. The van der Waals surface area contributed by atoms with E-state index in [0.717, 1.165) is 28.9 Å². The van der Waals surface area contributed by atoms with Crippen molar-refractivity contribution >= 4 is 27.7 Å². The van der Waals surface area contributed by atoms with Crippen LogP contribution in [0, 0.1) is 0 Å². The predicted octanol–water partition coefficient (Wildman–Crippen LogP) is 2.33. The van der Waals surface area contributed by atoms with Gasteiger partial charge in [-0.15, -0.1) is 0 Å². The summed E-state index contributed by atoms with van der Waals surface area (Å²) >= 11 is 5.47. The summed E-state index contributed by atoms with van der Waals surface area (Å²) in [6.45, 7) is 4.99. The monoisotopic (exact) mass is 291 g/mol. The van der Waals surface area contributed by atoms with Crippen LogP contribution in [0.5, 0.6) is 0 Å². The van der Waals surface area contributed by atoms with Crippen LogP contribution < -0.4 is 5.73 Å². The van der Waals surface area contributed by atoms with Gasteiger partial charge in [-0.2, -0.15) is 16.9 Å². The fraction of sp³-hybridized carbons (Fsp3) is 0.700. The molecular weight excluding hydrogens is 274 g/mol. The molecule has 2 N–H and O–H groups in total. The van der Waals surface area contributed by atoms with E-state index >= 15 is 0 Å². The van der Waals surface area contributed by atoms with Crippen molar-refractivity contribution < 1.29 is 0 Å². The molecule has 0 aliphatic carbocycles. The van der Waals surface area contributed by atoms with Crippen molar-refractivity contribution in [1.82, 2.24) is 9.78 Å². The molecule has 5 heteroatoms. The summed E-state index contributed by atoms with van der Waals surface area (Å²) in [4.78, 5) is 0.